The molecule has 23 heavy (non-hydrogen) atoms. The van der Waals surface area contributed by atoms with Crippen molar-refractivity contribution in [2.24, 2.45) is 0 Å². The molecule has 0 atom stereocenters. The van der Waals surface area contributed by atoms with Gasteiger partial charge in [-0.3, -0.25) is 14.5 Å². The maximum atomic E-state index is 12.1. The van der Waals surface area contributed by atoms with E-state index in [1.807, 2.05) is 27.7 Å². The third kappa shape index (κ3) is 5.17. The van der Waals surface area contributed by atoms with Gasteiger partial charge in [-0.05, 0) is 33.1 Å². The summed E-state index contributed by atoms with van der Waals surface area (Å²) in [6, 6.07) is 0.280. The van der Waals surface area contributed by atoms with E-state index >= 15 is 0 Å². The monoisotopic (exact) mass is 356 g/mol. The third-order valence-corrected chi connectivity index (χ3v) is 5.83. The van der Waals surface area contributed by atoms with E-state index in [1.54, 1.807) is 4.90 Å². The molecule has 1 heterocycles. The summed E-state index contributed by atoms with van der Waals surface area (Å²) >= 11 is 2.75. The van der Waals surface area contributed by atoms with Gasteiger partial charge in [0.1, 0.15) is 0 Å². The maximum absolute atomic E-state index is 12.1. The molecule has 0 radical (unpaired) electrons. The highest BCUT2D eigenvalue weighted by atomic mass is 32.2. The van der Waals surface area contributed by atoms with Crippen molar-refractivity contribution in [3.63, 3.8) is 0 Å². The summed E-state index contributed by atoms with van der Waals surface area (Å²) in [6.07, 6.45) is 3.40. The van der Waals surface area contributed by atoms with Crippen LogP contribution in [0.15, 0.2) is 4.34 Å². The lowest BCUT2D eigenvalue weighted by Crippen LogP contribution is -2.43. The number of hydrogen-bond donors (Lipinski definition) is 1. The minimum atomic E-state index is -0.194. The molecule has 1 aromatic heterocycles. The molecule has 0 bridgehead atoms. The highest BCUT2D eigenvalue weighted by molar-refractivity contribution is 8.01. The van der Waals surface area contributed by atoms with E-state index < -0.39 is 0 Å². The van der Waals surface area contributed by atoms with Crippen molar-refractivity contribution in [1.82, 2.24) is 15.5 Å². The number of thioether (sulfide) groups is 1. The van der Waals surface area contributed by atoms with Gasteiger partial charge in [0.2, 0.25) is 16.9 Å². The highest BCUT2D eigenvalue weighted by Crippen LogP contribution is 2.36. The minimum absolute atomic E-state index is 0.0118. The molecule has 1 aromatic rings. The summed E-state index contributed by atoms with van der Waals surface area (Å²) < 4.78 is 0.721. The van der Waals surface area contributed by atoms with Crippen LogP contribution in [0.4, 0.5) is 5.13 Å². The number of nitrogens with one attached hydrogen (secondary N) is 1. The molecule has 1 aliphatic carbocycles. The number of rotatable bonds is 8. The fourth-order valence-corrected chi connectivity index (χ4v) is 3.69. The Bertz CT molecular complexity index is 570. The summed E-state index contributed by atoms with van der Waals surface area (Å²) in [5.74, 6) is 0.383. The number of carbonyl (C=O) groups excluding carboxylic acids is 2. The summed E-state index contributed by atoms with van der Waals surface area (Å²) in [6.45, 7) is 7.90. The van der Waals surface area contributed by atoms with Gasteiger partial charge in [-0.1, -0.05) is 36.9 Å². The third-order valence-electron chi connectivity index (χ3n) is 3.77. The lowest BCUT2D eigenvalue weighted by Gasteiger charge is -2.24. The Morgan fingerprint density at radius 3 is 2.61 bits per heavy atom. The standard InChI is InChI=1S/C15H24N4O2S2/c1-5-12(21)19(10-7-8-10)13-17-18-14(23-13)22-9-11(20)16-15(3,4)6-2/h10H,5-9H2,1-4H3,(H,16,20). The zero-order valence-corrected chi connectivity index (χ0v) is 15.7. The van der Waals surface area contributed by atoms with Crippen molar-refractivity contribution >= 4 is 40.0 Å². The van der Waals surface area contributed by atoms with Crippen molar-refractivity contribution in [2.45, 2.75) is 69.3 Å². The fourth-order valence-electron chi connectivity index (χ4n) is 1.96. The van der Waals surface area contributed by atoms with Crippen LogP contribution in [0.5, 0.6) is 0 Å². The predicted molar refractivity (Wildman–Crippen MR) is 93.9 cm³/mol. The Hall–Kier alpha value is -1.15. The first-order chi connectivity index (χ1) is 10.9. The average Bonchev–Trinajstić information content (AvgIpc) is 3.23. The number of nitrogens with zero attached hydrogens (tertiary/aromatic N) is 3. The van der Waals surface area contributed by atoms with E-state index in [0.717, 1.165) is 23.6 Å². The second-order valence-electron chi connectivity index (χ2n) is 6.27. The van der Waals surface area contributed by atoms with E-state index in [0.29, 0.717) is 17.3 Å². The van der Waals surface area contributed by atoms with Gasteiger partial charge in [0.15, 0.2) is 4.34 Å². The molecule has 2 amide bonds. The van der Waals surface area contributed by atoms with E-state index in [4.69, 9.17) is 0 Å². The molecule has 0 aliphatic heterocycles. The molecule has 2 rings (SSSR count). The largest absolute Gasteiger partial charge is 0.351 e. The molecule has 0 saturated heterocycles. The highest BCUT2D eigenvalue weighted by Gasteiger charge is 2.35. The van der Waals surface area contributed by atoms with Gasteiger partial charge in [-0.2, -0.15) is 0 Å². The first-order valence-corrected chi connectivity index (χ1v) is 9.76. The SMILES string of the molecule is CCC(=O)N(c1nnc(SCC(=O)NC(C)(C)CC)s1)C1CC1. The van der Waals surface area contributed by atoms with Gasteiger partial charge in [-0.15, -0.1) is 10.2 Å². The molecule has 0 spiro atoms. The molecule has 8 heteroatoms. The number of aromatic nitrogens is 2. The molecule has 1 aliphatic rings. The predicted octanol–water partition coefficient (Wildman–Crippen LogP) is 2.84. The van der Waals surface area contributed by atoms with E-state index in [2.05, 4.69) is 15.5 Å². The number of anilines is 1. The van der Waals surface area contributed by atoms with Gasteiger partial charge in [0.25, 0.3) is 0 Å². The normalized spacial score (nSPS) is 14.6. The van der Waals surface area contributed by atoms with Crippen LogP contribution in [0.25, 0.3) is 0 Å². The van der Waals surface area contributed by atoms with Crippen LogP contribution in [0.2, 0.25) is 0 Å². The van der Waals surface area contributed by atoms with Crippen LogP contribution in [-0.2, 0) is 9.59 Å². The summed E-state index contributed by atoms with van der Waals surface area (Å²) in [5, 5.41) is 11.9. The van der Waals surface area contributed by atoms with E-state index in [1.165, 1.54) is 23.1 Å². The molecular formula is C15H24N4O2S2. The number of carbonyl (C=O) groups is 2. The van der Waals surface area contributed by atoms with Crippen LogP contribution < -0.4 is 10.2 Å². The summed E-state index contributed by atoms with van der Waals surface area (Å²) in [4.78, 5) is 25.8. The number of amides is 2. The van der Waals surface area contributed by atoms with Crippen molar-refractivity contribution in [1.29, 1.82) is 0 Å². The zero-order valence-electron chi connectivity index (χ0n) is 14.1. The van der Waals surface area contributed by atoms with E-state index in [9.17, 15) is 9.59 Å². The molecule has 6 nitrogen and oxygen atoms in total. The zero-order chi connectivity index (χ0) is 17.0. The topological polar surface area (TPSA) is 75.2 Å². The first-order valence-electron chi connectivity index (χ1n) is 7.95. The van der Waals surface area contributed by atoms with Crippen LogP contribution in [0.3, 0.4) is 0 Å². The molecule has 1 fully saturated rings. The van der Waals surface area contributed by atoms with Crippen LogP contribution in [-0.4, -0.2) is 39.3 Å². The lowest BCUT2D eigenvalue weighted by atomic mass is 10.0. The molecule has 1 N–H and O–H groups in total. The van der Waals surface area contributed by atoms with Crippen LogP contribution in [0, 0.1) is 0 Å². The summed E-state index contributed by atoms with van der Waals surface area (Å²) in [7, 11) is 0. The van der Waals surface area contributed by atoms with Gasteiger partial charge in [0.05, 0.1) is 5.75 Å². The Kier molecular flexibility index (Phi) is 6.02. The number of hydrogen-bond acceptors (Lipinski definition) is 6. The molecular weight excluding hydrogens is 332 g/mol. The van der Waals surface area contributed by atoms with Crippen LogP contribution in [0.1, 0.15) is 53.4 Å². The van der Waals surface area contributed by atoms with Crippen molar-refractivity contribution in [3.8, 4) is 0 Å². The average molecular weight is 357 g/mol. The van der Waals surface area contributed by atoms with Gasteiger partial charge < -0.3 is 5.32 Å². The Morgan fingerprint density at radius 1 is 1.35 bits per heavy atom. The molecule has 0 unspecified atom stereocenters. The second-order valence-corrected chi connectivity index (χ2v) is 8.45. The van der Waals surface area contributed by atoms with Crippen molar-refractivity contribution in [3.05, 3.63) is 0 Å². The Morgan fingerprint density at radius 2 is 2.04 bits per heavy atom. The van der Waals surface area contributed by atoms with Crippen molar-refractivity contribution in [2.75, 3.05) is 10.7 Å². The fraction of sp³-hybridized carbons (Fsp3) is 0.733. The van der Waals surface area contributed by atoms with Gasteiger partial charge in [-0.25, -0.2) is 0 Å². The molecule has 0 aromatic carbocycles. The summed E-state index contributed by atoms with van der Waals surface area (Å²) in [5.41, 5.74) is -0.194. The lowest BCUT2D eigenvalue weighted by molar-refractivity contribution is -0.120. The van der Waals surface area contributed by atoms with Crippen LogP contribution >= 0.6 is 23.1 Å². The molecule has 128 valence electrons. The van der Waals surface area contributed by atoms with Gasteiger partial charge >= 0.3 is 0 Å². The maximum Gasteiger partial charge on any atom is 0.230 e. The Balaban J connectivity index is 1.92. The van der Waals surface area contributed by atoms with Crippen molar-refractivity contribution < 1.29 is 9.59 Å². The smallest absolute Gasteiger partial charge is 0.230 e. The first kappa shape index (κ1) is 18.2. The van der Waals surface area contributed by atoms with Gasteiger partial charge in [0, 0.05) is 18.0 Å². The minimum Gasteiger partial charge on any atom is -0.351 e. The molecule has 1 saturated carbocycles. The second kappa shape index (κ2) is 7.61. The van der Waals surface area contributed by atoms with E-state index in [-0.39, 0.29) is 23.4 Å². The Labute approximate surface area is 145 Å². The quantitative estimate of drug-likeness (QED) is 0.572.